The minimum atomic E-state index is 0.0643. The Morgan fingerprint density at radius 2 is 1.68 bits per heavy atom. The molecule has 0 bridgehead atoms. The van der Waals surface area contributed by atoms with Gasteiger partial charge < -0.3 is 15.2 Å². The van der Waals surface area contributed by atoms with Crippen molar-refractivity contribution in [3.8, 4) is 11.5 Å². The minimum absolute atomic E-state index is 0.0643. The van der Waals surface area contributed by atoms with Crippen molar-refractivity contribution in [1.82, 2.24) is 0 Å². The Kier molecular flexibility index (Phi) is 5.11. The van der Waals surface area contributed by atoms with Crippen molar-refractivity contribution in [2.24, 2.45) is 11.7 Å². The van der Waals surface area contributed by atoms with Gasteiger partial charge in [-0.05, 0) is 36.5 Å². The fourth-order valence-electron chi connectivity index (χ4n) is 2.87. The molecular formula is C15H22BrNO2. The molecule has 19 heavy (non-hydrogen) atoms. The zero-order valence-corrected chi connectivity index (χ0v) is 13.2. The number of nitrogens with two attached hydrogens (primary N) is 1. The largest absolute Gasteiger partial charge is 0.493 e. The fraction of sp³-hybridized carbons (Fsp3) is 0.600. The zero-order valence-electron chi connectivity index (χ0n) is 11.6. The van der Waals surface area contributed by atoms with E-state index in [1.807, 2.05) is 12.1 Å². The van der Waals surface area contributed by atoms with E-state index < -0.39 is 0 Å². The molecule has 0 aliphatic heterocycles. The lowest BCUT2D eigenvalue weighted by molar-refractivity contribution is 0.306. The summed E-state index contributed by atoms with van der Waals surface area (Å²) >= 11 is 3.60. The van der Waals surface area contributed by atoms with Crippen molar-refractivity contribution >= 4 is 15.9 Å². The molecule has 1 fully saturated rings. The summed E-state index contributed by atoms with van der Waals surface area (Å²) in [6, 6.07) is 4.01. The van der Waals surface area contributed by atoms with Crippen molar-refractivity contribution in [2.45, 2.75) is 38.1 Å². The van der Waals surface area contributed by atoms with E-state index in [0.29, 0.717) is 5.92 Å². The number of ether oxygens (including phenoxy) is 2. The van der Waals surface area contributed by atoms with Gasteiger partial charge in [-0.2, -0.15) is 0 Å². The summed E-state index contributed by atoms with van der Waals surface area (Å²) in [6.45, 7) is 0. The molecule has 0 aromatic heterocycles. The Morgan fingerprint density at radius 1 is 1.11 bits per heavy atom. The third-order valence-corrected chi connectivity index (χ3v) is 4.71. The Labute approximate surface area is 123 Å². The van der Waals surface area contributed by atoms with Gasteiger partial charge in [0.2, 0.25) is 0 Å². The summed E-state index contributed by atoms with van der Waals surface area (Å²) in [4.78, 5) is 0. The van der Waals surface area contributed by atoms with Crippen LogP contribution in [0.2, 0.25) is 0 Å². The van der Waals surface area contributed by atoms with Gasteiger partial charge in [-0.15, -0.1) is 0 Å². The van der Waals surface area contributed by atoms with Crippen molar-refractivity contribution in [2.75, 3.05) is 14.2 Å². The van der Waals surface area contributed by atoms with Gasteiger partial charge in [-0.1, -0.05) is 35.2 Å². The van der Waals surface area contributed by atoms with E-state index in [1.165, 1.54) is 32.1 Å². The number of benzene rings is 1. The maximum Gasteiger partial charge on any atom is 0.161 e. The highest BCUT2D eigenvalue weighted by molar-refractivity contribution is 9.10. The van der Waals surface area contributed by atoms with E-state index in [4.69, 9.17) is 15.2 Å². The quantitative estimate of drug-likeness (QED) is 0.907. The average Bonchev–Trinajstić information content (AvgIpc) is 2.47. The Balaban J connectivity index is 2.27. The van der Waals surface area contributed by atoms with Crippen LogP contribution in [0.15, 0.2) is 16.6 Å². The number of halogens is 1. The first-order valence-electron chi connectivity index (χ1n) is 6.84. The molecular weight excluding hydrogens is 306 g/mol. The number of rotatable bonds is 4. The second-order valence-corrected chi connectivity index (χ2v) is 6.01. The van der Waals surface area contributed by atoms with Crippen molar-refractivity contribution in [3.63, 3.8) is 0 Å². The van der Waals surface area contributed by atoms with Crippen LogP contribution >= 0.6 is 15.9 Å². The molecule has 2 N–H and O–H groups in total. The molecule has 1 aliphatic carbocycles. The highest BCUT2D eigenvalue weighted by atomic mass is 79.9. The Hall–Kier alpha value is -0.740. The van der Waals surface area contributed by atoms with Crippen LogP contribution < -0.4 is 15.2 Å². The summed E-state index contributed by atoms with van der Waals surface area (Å²) in [5.74, 6) is 2.05. The molecule has 0 spiro atoms. The van der Waals surface area contributed by atoms with Crippen LogP contribution in [0.3, 0.4) is 0 Å². The maximum absolute atomic E-state index is 6.46. The Morgan fingerprint density at radius 3 is 2.26 bits per heavy atom. The van der Waals surface area contributed by atoms with E-state index in [2.05, 4.69) is 15.9 Å². The lowest BCUT2D eigenvalue weighted by atomic mass is 9.81. The van der Waals surface area contributed by atoms with E-state index in [-0.39, 0.29) is 6.04 Å². The molecule has 0 radical (unpaired) electrons. The molecule has 106 valence electrons. The Bertz CT molecular complexity index is 430. The summed E-state index contributed by atoms with van der Waals surface area (Å²) in [6.07, 6.45) is 6.38. The first kappa shape index (κ1) is 14.7. The van der Waals surface area contributed by atoms with Gasteiger partial charge in [0.25, 0.3) is 0 Å². The molecule has 0 unspecified atom stereocenters. The molecule has 1 saturated carbocycles. The van der Waals surface area contributed by atoms with Crippen LogP contribution in [0.1, 0.15) is 43.7 Å². The lowest BCUT2D eigenvalue weighted by Crippen LogP contribution is -2.24. The molecule has 0 heterocycles. The second kappa shape index (κ2) is 6.62. The van der Waals surface area contributed by atoms with Crippen LogP contribution in [0, 0.1) is 5.92 Å². The van der Waals surface area contributed by atoms with Gasteiger partial charge in [0.05, 0.1) is 14.2 Å². The maximum atomic E-state index is 6.46. The van der Waals surface area contributed by atoms with Crippen LogP contribution in [0.5, 0.6) is 11.5 Å². The monoisotopic (exact) mass is 327 g/mol. The molecule has 2 rings (SSSR count). The summed E-state index contributed by atoms with van der Waals surface area (Å²) in [7, 11) is 3.30. The van der Waals surface area contributed by atoms with Crippen LogP contribution in [-0.4, -0.2) is 14.2 Å². The van der Waals surface area contributed by atoms with E-state index in [9.17, 15) is 0 Å². The van der Waals surface area contributed by atoms with Gasteiger partial charge in [0, 0.05) is 10.5 Å². The summed E-state index contributed by atoms with van der Waals surface area (Å²) in [5, 5.41) is 0. The van der Waals surface area contributed by atoms with Gasteiger partial charge in [-0.25, -0.2) is 0 Å². The van der Waals surface area contributed by atoms with E-state index in [0.717, 1.165) is 21.5 Å². The van der Waals surface area contributed by atoms with Gasteiger partial charge in [0.15, 0.2) is 11.5 Å². The van der Waals surface area contributed by atoms with E-state index in [1.54, 1.807) is 14.2 Å². The van der Waals surface area contributed by atoms with Crippen LogP contribution in [-0.2, 0) is 0 Å². The lowest BCUT2D eigenvalue weighted by Gasteiger charge is -2.28. The second-order valence-electron chi connectivity index (χ2n) is 5.15. The first-order chi connectivity index (χ1) is 9.17. The SMILES string of the molecule is COc1cc(Br)c([C@@H](N)C2CCCCC2)cc1OC. The summed E-state index contributed by atoms with van der Waals surface area (Å²) in [5.41, 5.74) is 7.57. The van der Waals surface area contributed by atoms with Crippen LogP contribution in [0.4, 0.5) is 0 Å². The predicted molar refractivity (Wildman–Crippen MR) is 80.7 cm³/mol. The topological polar surface area (TPSA) is 44.5 Å². The third-order valence-electron chi connectivity index (χ3n) is 4.02. The highest BCUT2D eigenvalue weighted by Crippen LogP contribution is 2.40. The number of hydrogen-bond donors (Lipinski definition) is 1. The third kappa shape index (κ3) is 3.23. The van der Waals surface area contributed by atoms with Gasteiger partial charge >= 0.3 is 0 Å². The minimum Gasteiger partial charge on any atom is -0.493 e. The van der Waals surface area contributed by atoms with E-state index >= 15 is 0 Å². The predicted octanol–water partition coefficient (Wildman–Crippen LogP) is 4.05. The smallest absolute Gasteiger partial charge is 0.161 e. The van der Waals surface area contributed by atoms with Crippen molar-refractivity contribution in [1.29, 1.82) is 0 Å². The summed E-state index contributed by atoms with van der Waals surface area (Å²) < 4.78 is 11.7. The fourth-order valence-corrected chi connectivity index (χ4v) is 3.46. The molecule has 1 aromatic rings. The molecule has 0 amide bonds. The molecule has 0 saturated heterocycles. The molecule has 1 atom stereocenters. The zero-order chi connectivity index (χ0) is 13.8. The van der Waals surface area contributed by atoms with Crippen LogP contribution in [0.25, 0.3) is 0 Å². The average molecular weight is 328 g/mol. The van der Waals surface area contributed by atoms with Crippen molar-refractivity contribution in [3.05, 3.63) is 22.2 Å². The first-order valence-corrected chi connectivity index (χ1v) is 7.63. The van der Waals surface area contributed by atoms with Gasteiger partial charge in [0.1, 0.15) is 0 Å². The standard InChI is InChI=1S/C15H22BrNO2/c1-18-13-8-11(12(16)9-14(13)19-2)15(17)10-6-4-3-5-7-10/h8-10,15H,3-7,17H2,1-2H3/t15-/m0/s1. The van der Waals surface area contributed by atoms with Crippen molar-refractivity contribution < 1.29 is 9.47 Å². The highest BCUT2D eigenvalue weighted by Gasteiger charge is 2.24. The molecule has 4 heteroatoms. The number of methoxy groups -OCH3 is 2. The normalized spacial score (nSPS) is 18.1. The molecule has 1 aliphatic rings. The number of hydrogen-bond acceptors (Lipinski definition) is 3. The van der Waals surface area contributed by atoms with Gasteiger partial charge in [-0.3, -0.25) is 0 Å². The molecule has 3 nitrogen and oxygen atoms in total. The molecule has 1 aromatic carbocycles.